The van der Waals surface area contributed by atoms with E-state index >= 15 is 0 Å². The zero-order valence-corrected chi connectivity index (χ0v) is 22.7. The van der Waals surface area contributed by atoms with Crippen LogP contribution in [-0.4, -0.2) is 69.5 Å². The van der Waals surface area contributed by atoms with E-state index in [2.05, 4.69) is 15.0 Å². The zero-order valence-electron chi connectivity index (χ0n) is 22.7. The first kappa shape index (κ1) is 27.5. The summed E-state index contributed by atoms with van der Waals surface area (Å²) >= 11 is 0. The van der Waals surface area contributed by atoms with Crippen molar-refractivity contribution in [3.8, 4) is 23.0 Å². The SMILES string of the molecule is COCCN1C[C@@H](CC(=O)Cc2c(C)c(-c3cnc(OC)nc3)nn2-c2ccccc2)[C@H](c2ccnc(F)c2)O1. The fourth-order valence-corrected chi connectivity index (χ4v) is 4.97. The molecule has 1 aliphatic heterocycles. The van der Waals surface area contributed by atoms with Gasteiger partial charge in [-0.1, -0.05) is 18.2 Å². The van der Waals surface area contributed by atoms with E-state index in [1.54, 1.807) is 35.3 Å². The highest BCUT2D eigenvalue weighted by Crippen LogP contribution is 2.37. The molecule has 0 saturated carbocycles. The second-order valence-electron chi connectivity index (χ2n) is 9.62. The minimum absolute atomic E-state index is 0.0273. The number of halogens is 1. The number of rotatable bonds is 11. The van der Waals surface area contributed by atoms with Crippen LogP contribution in [0.4, 0.5) is 4.39 Å². The number of para-hydroxylation sites is 1. The molecule has 0 amide bonds. The van der Waals surface area contributed by atoms with Crippen LogP contribution >= 0.6 is 0 Å². The molecule has 1 saturated heterocycles. The van der Waals surface area contributed by atoms with Gasteiger partial charge in [0.25, 0.3) is 0 Å². The second-order valence-corrected chi connectivity index (χ2v) is 9.62. The standard InChI is InChI=1S/C29H31FN6O4/c1-19-25(36(23-7-5-4-6-8-23)34-27(19)22-16-32-29(39-3)33-17-22)15-24(37)13-21-18-35(11-12-38-2)40-28(21)20-9-10-31-26(30)14-20/h4-10,14,16-17,21,28H,11-13,15,18H2,1-3H3/t21-,28+/m1/s1. The summed E-state index contributed by atoms with van der Waals surface area (Å²) < 4.78 is 26.0. The molecule has 0 unspecified atom stereocenters. The molecule has 3 aromatic heterocycles. The second kappa shape index (κ2) is 12.4. The summed E-state index contributed by atoms with van der Waals surface area (Å²) in [7, 11) is 3.13. The zero-order chi connectivity index (χ0) is 28.1. The predicted molar refractivity (Wildman–Crippen MR) is 144 cm³/mol. The van der Waals surface area contributed by atoms with Crippen molar-refractivity contribution in [2.24, 2.45) is 5.92 Å². The molecular formula is C29H31FN6O4. The van der Waals surface area contributed by atoms with Gasteiger partial charge in [0.2, 0.25) is 5.95 Å². The number of ether oxygens (including phenoxy) is 2. The molecule has 4 aromatic rings. The number of benzene rings is 1. The smallest absolute Gasteiger partial charge is 0.316 e. The van der Waals surface area contributed by atoms with Crippen LogP contribution < -0.4 is 4.74 Å². The lowest BCUT2D eigenvalue weighted by Gasteiger charge is -2.17. The number of aromatic nitrogens is 5. The molecule has 0 aliphatic carbocycles. The molecule has 2 atom stereocenters. The number of carbonyl (C=O) groups is 1. The molecule has 11 heteroatoms. The Labute approximate surface area is 231 Å². The number of methoxy groups -OCH3 is 2. The fourth-order valence-electron chi connectivity index (χ4n) is 4.97. The largest absolute Gasteiger partial charge is 0.467 e. The van der Waals surface area contributed by atoms with Crippen LogP contribution in [0.2, 0.25) is 0 Å². The number of carbonyl (C=O) groups excluding carboxylic acids is 1. The van der Waals surface area contributed by atoms with Gasteiger partial charge in [0.1, 0.15) is 11.9 Å². The Kier molecular flexibility index (Phi) is 8.54. The molecule has 40 heavy (non-hydrogen) atoms. The minimum Gasteiger partial charge on any atom is -0.467 e. The van der Waals surface area contributed by atoms with Gasteiger partial charge in [0.15, 0.2) is 0 Å². The average Bonchev–Trinajstić information content (AvgIpc) is 3.52. The van der Waals surface area contributed by atoms with Gasteiger partial charge in [-0.3, -0.25) is 9.63 Å². The van der Waals surface area contributed by atoms with Gasteiger partial charge in [-0.15, -0.1) is 0 Å². The maximum atomic E-state index is 13.9. The summed E-state index contributed by atoms with van der Waals surface area (Å²) in [5.74, 6) is -0.729. The van der Waals surface area contributed by atoms with E-state index in [0.717, 1.165) is 22.5 Å². The average molecular weight is 547 g/mol. The normalized spacial score (nSPS) is 17.3. The van der Waals surface area contributed by atoms with Gasteiger partial charge in [-0.05, 0) is 42.3 Å². The Morgan fingerprint density at radius 2 is 1.90 bits per heavy atom. The van der Waals surface area contributed by atoms with Crippen molar-refractivity contribution < 1.29 is 23.5 Å². The van der Waals surface area contributed by atoms with Crippen molar-refractivity contribution in [2.45, 2.75) is 25.9 Å². The summed E-state index contributed by atoms with van der Waals surface area (Å²) in [5, 5.41) is 6.64. The summed E-state index contributed by atoms with van der Waals surface area (Å²) in [6, 6.07) is 13.0. The molecule has 208 valence electrons. The number of ketones is 1. The third-order valence-electron chi connectivity index (χ3n) is 6.94. The van der Waals surface area contributed by atoms with E-state index in [1.807, 2.05) is 37.3 Å². The summed E-state index contributed by atoms with van der Waals surface area (Å²) in [6.45, 7) is 3.49. The Morgan fingerprint density at radius 1 is 1.12 bits per heavy atom. The fraction of sp³-hybridized carbons (Fsp3) is 0.345. The van der Waals surface area contributed by atoms with Crippen molar-refractivity contribution in [3.63, 3.8) is 0 Å². The maximum absolute atomic E-state index is 13.9. The van der Waals surface area contributed by atoms with E-state index in [0.29, 0.717) is 31.0 Å². The Morgan fingerprint density at radius 3 is 2.60 bits per heavy atom. The molecule has 1 aromatic carbocycles. The third-order valence-corrected chi connectivity index (χ3v) is 6.94. The number of Topliss-reactive ketones (excluding diaryl/α,β-unsaturated/α-hetero) is 1. The summed E-state index contributed by atoms with van der Waals surface area (Å²) in [5.41, 5.74) is 4.55. The topological polar surface area (TPSA) is 104 Å². The number of hydrogen-bond acceptors (Lipinski definition) is 9. The molecule has 0 N–H and O–H groups in total. The van der Waals surface area contributed by atoms with Crippen molar-refractivity contribution in [1.82, 2.24) is 29.8 Å². The first-order chi connectivity index (χ1) is 19.5. The van der Waals surface area contributed by atoms with Gasteiger partial charge < -0.3 is 9.47 Å². The van der Waals surface area contributed by atoms with Crippen LogP contribution in [0.15, 0.2) is 61.1 Å². The molecule has 5 rings (SSSR count). The quantitative estimate of drug-likeness (QED) is 0.259. The first-order valence-corrected chi connectivity index (χ1v) is 13.0. The van der Waals surface area contributed by atoms with Crippen LogP contribution in [0.3, 0.4) is 0 Å². The lowest BCUT2D eigenvalue weighted by atomic mass is 9.91. The van der Waals surface area contributed by atoms with E-state index in [-0.39, 0.29) is 30.6 Å². The van der Waals surface area contributed by atoms with Crippen molar-refractivity contribution in [2.75, 3.05) is 33.9 Å². The molecule has 0 radical (unpaired) electrons. The lowest BCUT2D eigenvalue weighted by Crippen LogP contribution is -2.24. The van der Waals surface area contributed by atoms with Crippen molar-refractivity contribution in [3.05, 3.63) is 83.8 Å². The molecule has 10 nitrogen and oxygen atoms in total. The molecule has 0 bridgehead atoms. The maximum Gasteiger partial charge on any atom is 0.316 e. The van der Waals surface area contributed by atoms with E-state index < -0.39 is 12.1 Å². The van der Waals surface area contributed by atoms with Gasteiger partial charge in [0.05, 0.1) is 30.8 Å². The van der Waals surface area contributed by atoms with Crippen LogP contribution in [-0.2, 0) is 20.8 Å². The first-order valence-electron chi connectivity index (χ1n) is 13.0. The van der Waals surface area contributed by atoms with Gasteiger partial charge in [-0.25, -0.2) is 19.6 Å². The lowest BCUT2D eigenvalue weighted by molar-refractivity contribution is -0.155. The Hall–Kier alpha value is -4.06. The summed E-state index contributed by atoms with van der Waals surface area (Å²) in [4.78, 5) is 31.9. The van der Waals surface area contributed by atoms with Crippen LogP contribution in [0.1, 0.15) is 29.3 Å². The van der Waals surface area contributed by atoms with Crippen LogP contribution in [0.5, 0.6) is 6.01 Å². The monoisotopic (exact) mass is 546 g/mol. The Balaban J connectivity index is 1.42. The molecule has 4 heterocycles. The number of hydrogen-bond donors (Lipinski definition) is 0. The van der Waals surface area contributed by atoms with Crippen LogP contribution in [0, 0.1) is 18.8 Å². The van der Waals surface area contributed by atoms with E-state index in [1.165, 1.54) is 19.4 Å². The predicted octanol–water partition coefficient (Wildman–Crippen LogP) is 3.93. The van der Waals surface area contributed by atoms with Gasteiger partial charge in [0, 0.05) is 63.1 Å². The molecule has 1 fully saturated rings. The molecular weight excluding hydrogens is 515 g/mol. The van der Waals surface area contributed by atoms with Crippen molar-refractivity contribution >= 4 is 5.78 Å². The highest BCUT2D eigenvalue weighted by atomic mass is 19.1. The summed E-state index contributed by atoms with van der Waals surface area (Å²) in [6.07, 6.45) is 4.67. The van der Waals surface area contributed by atoms with Gasteiger partial charge >= 0.3 is 6.01 Å². The van der Waals surface area contributed by atoms with E-state index in [4.69, 9.17) is 19.4 Å². The number of nitrogens with zero attached hydrogens (tertiary/aromatic N) is 6. The number of pyridine rings is 1. The molecule has 1 aliphatic rings. The Bertz CT molecular complexity index is 1450. The van der Waals surface area contributed by atoms with Gasteiger partial charge in [-0.2, -0.15) is 14.6 Å². The van der Waals surface area contributed by atoms with Crippen LogP contribution in [0.25, 0.3) is 16.9 Å². The third kappa shape index (κ3) is 6.06. The highest BCUT2D eigenvalue weighted by molar-refractivity contribution is 5.82. The minimum atomic E-state index is -0.584. The highest BCUT2D eigenvalue weighted by Gasteiger charge is 2.37. The van der Waals surface area contributed by atoms with Crippen molar-refractivity contribution in [1.29, 1.82) is 0 Å². The molecule has 0 spiro atoms. The number of hydroxylamine groups is 2. The van der Waals surface area contributed by atoms with E-state index in [9.17, 15) is 9.18 Å².